The number of anilines is 2. The Labute approximate surface area is 164 Å². The number of nitrogens with zero attached hydrogens (tertiary/aromatic N) is 2. The summed E-state index contributed by atoms with van der Waals surface area (Å²) < 4.78 is 0. The zero-order valence-corrected chi connectivity index (χ0v) is 16.4. The van der Waals surface area contributed by atoms with E-state index in [0.717, 1.165) is 31.9 Å². The van der Waals surface area contributed by atoms with Gasteiger partial charge in [0, 0.05) is 48.9 Å². The molecule has 0 spiro atoms. The van der Waals surface area contributed by atoms with Gasteiger partial charge in [0.05, 0.1) is 6.54 Å². The molecule has 2 amide bonds. The number of carbonyl (C=O) groups excluding carboxylic acids is 2. The summed E-state index contributed by atoms with van der Waals surface area (Å²) in [6.45, 7) is 4.14. The third-order valence-electron chi connectivity index (χ3n) is 4.64. The molecule has 7 heteroatoms. The van der Waals surface area contributed by atoms with Crippen LogP contribution in [0.2, 0.25) is 0 Å². The second kappa shape index (κ2) is 9.53. The van der Waals surface area contributed by atoms with Gasteiger partial charge in [0.15, 0.2) is 0 Å². The Balaban J connectivity index is 1.39. The summed E-state index contributed by atoms with van der Waals surface area (Å²) in [5, 5.41) is 7.49. The standard InChI is InChI=1S/C20H26N4O2S/c1-23-10-12-24(13-11-23)17-6-4-16(5-7-17)22-20(26)15-21-19(25)9-8-18-3-2-14-27-18/h2-7,14H,8-13,15H2,1H3,(H,21,25)(H,22,26). The highest BCUT2D eigenvalue weighted by Crippen LogP contribution is 2.19. The first-order chi connectivity index (χ1) is 13.1. The van der Waals surface area contributed by atoms with Crippen molar-refractivity contribution in [2.75, 3.05) is 50.0 Å². The largest absolute Gasteiger partial charge is 0.369 e. The van der Waals surface area contributed by atoms with Gasteiger partial charge in [-0.15, -0.1) is 11.3 Å². The molecule has 2 N–H and O–H groups in total. The summed E-state index contributed by atoms with van der Waals surface area (Å²) in [5.41, 5.74) is 1.91. The maximum Gasteiger partial charge on any atom is 0.243 e. The summed E-state index contributed by atoms with van der Waals surface area (Å²) in [6.07, 6.45) is 1.10. The van der Waals surface area contributed by atoms with Gasteiger partial charge in [-0.3, -0.25) is 9.59 Å². The molecule has 6 nitrogen and oxygen atoms in total. The number of benzene rings is 1. The number of hydrogen-bond acceptors (Lipinski definition) is 5. The van der Waals surface area contributed by atoms with Crippen molar-refractivity contribution in [3.63, 3.8) is 0 Å². The molecule has 144 valence electrons. The summed E-state index contributed by atoms with van der Waals surface area (Å²) in [4.78, 5) is 29.7. The van der Waals surface area contributed by atoms with Crippen LogP contribution in [-0.2, 0) is 16.0 Å². The molecule has 1 fully saturated rings. The fourth-order valence-electron chi connectivity index (χ4n) is 2.98. The topological polar surface area (TPSA) is 64.7 Å². The Morgan fingerprint density at radius 3 is 2.44 bits per heavy atom. The molecule has 3 rings (SSSR count). The van der Waals surface area contributed by atoms with E-state index in [1.807, 2.05) is 41.8 Å². The Bertz CT molecular complexity index is 738. The van der Waals surface area contributed by atoms with E-state index in [-0.39, 0.29) is 18.4 Å². The first-order valence-corrected chi connectivity index (χ1v) is 10.1. The SMILES string of the molecule is CN1CCN(c2ccc(NC(=O)CNC(=O)CCc3cccs3)cc2)CC1. The highest BCUT2D eigenvalue weighted by molar-refractivity contribution is 7.09. The lowest BCUT2D eigenvalue weighted by molar-refractivity contribution is -0.124. The zero-order chi connectivity index (χ0) is 19.1. The minimum absolute atomic E-state index is 0.0104. The molecule has 0 saturated carbocycles. The van der Waals surface area contributed by atoms with Crippen molar-refractivity contribution in [2.45, 2.75) is 12.8 Å². The quantitative estimate of drug-likeness (QED) is 0.766. The van der Waals surface area contributed by atoms with Crippen molar-refractivity contribution in [2.24, 2.45) is 0 Å². The van der Waals surface area contributed by atoms with Crippen LogP contribution in [0.4, 0.5) is 11.4 Å². The number of piperazine rings is 1. The smallest absolute Gasteiger partial charge is 0.243 e. The lowest BCUT2D eigenvalue weighted by Crippen LogP contribution is -2.44. The number of aryl methyl sites for hydroxylation is 1. The lowest BCUT2D eigenvalue weighted by atomic mass is 10.2. The van der Waals surface area contributed by atoms with Gasteiger partial charge in [-0.1, -0.05) is 6.07 Å². The molecular formula is C20H26N4O2S. The van der Waals surface area contributed by atoms with Crippen molar-refractivity contribution >= 4 is 34.5 Å². The van der Waals surface area contributed by atoms with E-state index >= 15 is 0 Å². The molecular weight excluding hydrogens is 360 g/mol. The first kappa shape index (κ1) is 19.4. The highest BCUT2D eigenvalue weighted by atomic mass is 32.1. The zero-order valence-electron chi connectivity index (χ0n) is 15.6. The lowest BCUT2D eigenvalue weighted by Gasteiger charge is -2.34. The minimum Gasteiger partial charge on any atom is -0.369 e. The second-order valence-corrected chi connectivity index (χ2v) is 7.77. The Hall–Kier alpha value is -2.38. The van der Waals surface area contributed by atoms with Crippen LogP contribution in [0.15, 0.2) is 41.8 Å². The van der Waals surface area contributed by atoms with Crippen molar-refractivity contribution in [3.8, 4) is 0 Å². The van der Waals surface area contributed by atoms with Crippen LogP contribution >= 0.6 is 11.3 Å². The summed E-state index contributed by atoms with van der Waals surface area (Å²) in [7, 11) is 2.14. The Morgan fingerprint density at radius 2 is 1.78 bits per heavy atom. The number of carbonyl (C=O) groups is 2. The van der Waals surface area contributed by atoms with Crippen molar-refractivity contribution < 1.29 is 9.59 Å². The normalized spacial score (nSPS) is 14.8. The molecule has 1 aromatic carbocycles. The molecule has 1 aliphatic rings. The van der Waals surface area contributed by atoms with Crippen LogP contribution in [0.5, 0.6) is 0 Å². The molecule has 2 heterocycles. The van der Waals surface area contributed by atoms with Crippen LogP contribution < -0.4 is 15.5 Å². The van der Waals surface area contributed by atoms with E-state index < -0.39 is 0 Å². The third kappa shape index (κ3) is 6.08. The van der Waals surface area contributed by atoms with Crippen LogP contribution in [0.1, 0.15) is 11.3 Å². The highest BCUT2D eigenvalue weighted by Gasteiger charge is 2.14. The number of nitrogens with one attached hydrogen (secondary N) is 2. The van der Waals surface area contributed by atoms with E-state index in [0.29, 0.717) is 12.8 Å². The van der Waals surface area contributed by atoms with Crippen molar-refractivity contribution in [1.29, 1.82) is 0 Å². The molecule has 1 aliphatic heterocycles. The maximum absolute atomic E-state index is 12.0. The molecule has 0 aliphatic carbocycles. The number of amides is 2. The Morgan fingerprint density at radius 1 is 1.04 bits per heavy atom. The Kier molecular flexibility index (Phi) is 6.84. The van der Waals surface area contributed by atoms with Gasteiger partial charge in [-0.2, -0.15) is 0 Å². The van der Waals surface area contributed by atoms with Gasteiger partial charge in [0.25, 0.3) is 0 Å². The minimum atomic E-state index is -0.216. The van der Waals surface area contributed by atoms with Crippen LogP contribution in [-0.4, -0.2) is 56.5 Å². The average molecular weight is 387 g/mol. The van der Waals surface area contributed by atoms with Gasteiger partial charge >= 0.3 is 0 Å². The molecule has 2 aromatic rings. The predicted octanol–water partition coefficient (Wildman–Crippen LogP) is 2.19. The maximum atomic E-state index is 12.0. The number of rotatable bonds is 7. The molecule has 0 bridgehead atoms. The predicted molar refractivity (Wildman–Crippen MR) is 110 cm³/mol. The number of hydrogen-bond donors (Lipinski definition) is 2. The van der Waals surface area contributed by atoms with Crippen LogP contribution in [0.3, 0.4) is 0 Å². The van der Waals surface area contributed by atoms with Gasteiger partial charge in [-0.25, -0.2) is 0 Å². The van der Waals surface area contributed by atoms with Gasteiger partial charge in [-0.05, 0) is 49.2 Å². The fourth-order valence-corrected chi connectivity index (χ4v) is 3.69. The second-order valence-electron chi connectivity index (χ2n) is 6.74. The fraction of sp³-hybridized carbons (Fsp3) is 0.400. The summed E-state index contributed by atoms with van der Waals surface area (Å²) >= 11 is 1.64. The third-order valence-corrected chi connectivity index (χ3v) is 5.58. The molecule has 1 aromatic heterocycles. The van der Waals surface area contributed by atoms with E-state index in [9.17, 15) is 9.59 Å². The molecule has 0 unspecified atom stereocenters. The van der Waals surface area contributed by atoms with E-state index in [2.05, 4.69) is 27.5 Å². The molecule has 1 saturated heterocycles. The van der Waals surface area contributed by atoms with Crippen molar-refractivity contribution in [3.05, 3.63) is 46.7 Å². The monoisotopic (exact) mass is 386 g/mol. The van der Waals surface area contributed by atoms with E-state index in [1.165, 1.54) is 10.6 Å². The number of thiophene rings is 1. The van der Waals surface area contributed by atoms with Crippen LogP contribution in [0.25, 0.3) is 0 Å². The summed E-state index contributed by atoms with van der Waals surface area (Å²) in [5.74, 6) is -0.323. The van der Waals surface area contributed by atoms with Crippen LogP contribution in [0, 0.1) is 0 Å². The van der Waals surface area contributed by atoms with Gasteiger partial charge < -0.3 is 20.4 Å². The molecule has 27 heavy (non-hydrogen) atoms. The number of likely N-dealkylation sites (N-methyl/N-ethyl adjacent to an activating group) is 1. The van der Waals surface area contributed by atoms with Crippen molar-refractivity contribution in [1.82, 2.24) is 10.2 Å². The molecule has 0 radical (unpaired) electrons. The first-order valence-electron chi connectivity index (χ1n) is 9.22. The summed E-state index contributed by atoms with van der Waals surface area (Å²) in [6, 6.07) is 11.9. The van der Waals surface area contributed by atoms with Gasteiger partial charge in [0.1, 0.15) is 0 Å². The van der Waals surface area contributed by atoms with E-state index in [4.69, 9.17) is 0 Å². The van der Waals surface area contributed by atoms with E-state index in [1.54, 1.807) is 11.3 Å². The molecule has 0 atom stereocenters. The van der Waals surface area contributed by atoms with Gasteiger partial charge in [0.2, 0.25) is 11.8 Å². The average Bonchev–Trinajstić information content (AvgIpc) is 3.20.